The van der Waals surface area contributed by atoms with Gasteiger partial charge in [0.1, 0.15) is 0 Å². The Hall–Kier alpha value is -0.610. The molecule has 1 aromatic rings. The molecule has 0 fully saturated rings. The average molecular weight is 267 g/mol. The third kappa shape index (κ3) is 2.86. The van der Waals surface area contributed by atoms with Crippen molar-refractivity contribution in [2.24, 2.45) is 11.7 Å². The highest BCUT2D eigenvalue weighted by molar-refractivity contribution is 7.15. The van der Waals surface area contributed by atoms with Crippen LogP contribution in [-0.2, 0) is 6.42 Å². The maximum Gasteiger partial charge on any atom is 0.185 e. The molecule has 0 amide bonds. The molecule has 2 rings (SSSR count). The van der Waals surface area contributed by atoms with E-state index in [2.05, 4.69) is 32.7 Å². The van der Waals surface area contributed by atoms with Gasteiger partial charge in [-0.15, -0.1) is 11.3 Å². The molecule has 102 valence electrons. The van der Waals surface area contributed by atoms with Crippen LogP contribution >= 0.6 is 11.3 Å². The topological polar surface area (TPSA) is 42.2 Å². The summed E-state index contributed by atoms with van der Waals surface area (Å²) >= 11 is 1.84. The Morgan fingerprint density at radius 1 is 1.44 bits per heavy atom. The standard InChI is InChI=1S/C14H25N3S/c1-9(2)8-10(3)17(4)14-16-13-11(15)6-5-7-12(13)18-14/h9-11H,5-8,15H2,1-4H3. The van der Waals surface area contributed by atoms with Gasteiger partial charge in [-0.25, -0.2) is 4.98 Å². The molecule has 0 saturated carbocycles. The molecule has 0 saturated heterocycles. The van der Waals surface area contributed by atoms with Crippen LogP contribution in [-0.4, -0.2) is 18.1 Å². The van der Waals surface area contributed by atoms with Crippen LogP contribution in [0.4, 0.5) is 5.13 Å². The van der Waals surface area contributed by atoms with Gasteiger partial charge < -0.3 is 10.6 Å². The molecule has 3 nitrogen and oxygen atoms in total. The van der Waals surface area contributed by atoms with Crippen LogP contribution in [0.1, 0.15) is 56.6 Å². The SMILES string of the molecule is CC(C)CC(C)N(C)c1nc2c(s1)CCCC2N. The van der Waals surface area contributed by atoms with Crippen LogP contribution in [0.5, 0.6) is 0 Å². The van der Waals surface area contributed by atoms with E-state index >= 15 is 0 Å². The first-order valence-corrected chi connectivity index (χ1v) is 7.78. The van der Waals surface area contributed by atoms with E-state index in [1.54, 1.807) is 0 Å². The maximum absolute atomic E-state index is 6.14. The molecule has 18 heavy (non-hydrogen) atoms. The summed E-state index contributed by atoms with van der Waals surface area (Å²) in [4.78, 5) is 8.50. The van der Waals surface area contributed by atoms with Crippen molar-refractivity contribution in [3.8, 4) is 0 Å². The third-order valence-corrected chi connectivity index (χ3v) is 4.98. The van der Waals surface area contributed by atoms with Gasteiger partial charge in [0.05, 0.1) is 5.69 Å². The Balaban J connectivity index is 2.14. The lowest BCUT2D eigenvalue weighted by Crippen LogP contribution is -2.30. The van der Waals surface area contributed by atoms with E-state index in [0.717, 1.165) is 29.6 Å². The monoisotopic (exact) mass is 267 g/mol. The number of aryl methyl sites for hydroxylation is 1. The Kier molecular flexibility index (Phi) is 4.28. The van der Waals surface area contributed by atoms with E-state index in [9.17, 15) is 0 Å². The smallest absolute Gasteiger partial charge is 0.185 e. The average Bonchev–Trinajstić information content (AvgIpc) is 2.72. The quantitative estimate of drug-likeness (QED) is 0.909. The number of hydrogen-bond acceptors (Lipinski definition) is 4. The van der Waals surface area contributed by atoms with E-state index in [1.165, 1.54) is 17.7 Å². The lowest BCUT2D eigenvalue weighted by molar-refractivity contribution is 0.502. The minimum atomic E-state index is 0.160. The second-order valence-corrected chi connectivity index (χ2v) is 6.96. The van der Waals surface area contributed by atoms with E-state index in [-0.39, 0.29) is 6.04 Å². The maximum atomic E-state index is 6.14. The van der Waals surface area contributed by atoms with Gasteiger partial charge in [-0.2, -0.15) is 0 Å². The van der Waals surface area contributed by atoms with Crippen LogP contribution < -0.4 is 10.6 Å². The summed E-state index contributed by atoms with van der Waals surface area (Å²) in [5.41, 5.74) is 7.30. The number of hydrogen-bond donors (Lipinski definition) is 1. The zero-order valence-corrected chi connectivity index (χ0v) is 12.8. The minimum absolute atomic E-state index is 0.160. The number of fused-ring (bicyclic) bond motifs is 1. The third-order valence-electron chi connectivity index (χ3n) is 3.76. The van der Waals surface area contributed by atoms with Gasteiger partial charge in [-0.3, -0.25) is 0 Å². The zero-order chi connectivity index (χ0) is 13.3. The highest BCUT2D eigenvalue weighted by Crippen LogP contribution is 2.36. The molecule has 2 atom stereocenters. The molecule has 1 aromatic heterocycles. The Bertz CT molecular complexity index is 400. The number of aromatic nitrogens is 1. The van der Waals surface area contributed by atoms with Gasteiger partial charge in [0.2, 0.25) is 0 Å². The molecule has 2 N–H and O–H groups in total. The van der Waals surface area contributed by atoms with Crippen LogP contribution in [0.2, 0.25) is 0 Å². The Morgan fingerprint density at radius 3 is 2.78 bits per heavy atom. The Labute approximate surface area is 114 Å². The van der Waals surface area contributed by atoms with Crippen molar-refractivity contribution in [3.63, 3.8) is 0 Å². The second-order valence-electron chi connectivity index (χ2n) is 5.89. The van der Waals surface area contributed by atoms with Gasteiger partial charge in [0.15, 0.2) is 5.13 Å². The number of nitrogens with two attached hydrogens (primary N) is 1. The first-order chi connectivity index (χ1) is 8.49. The van der Waals surface area contributed by atoms with Crippen molar-refractivity contribution < 1.29 is 0 Å². The van der Waals surface area contributed by atoms with Crippen molar-refractivity contribution in [3.05, 3.63) is 10.6 Å². The van der Waals surface area contributed by atoms with E-state index < -0.39 is 0 Å². The van der Waals surface area contributed by atoms with Gasteiger partial charge >= 0.3 is 0 Å². The van der Waals surface area contributed by atoms with Crippen LogP contribution in [0, 0.1) is 5.92 Å². The first kappa shape index (κ1) is 13.8. The summed E-state index contributed by atoms with van der Waals surface area (Å²) in [5.74, 6) is 0.722. The predicted octanol–water partition coefficient (Wildman–Crippen LogP) is 3.35. The molecule has 1 heterocycles. The van der Waals surface area contributed by atoms with Gasteiger partial charge in [-0.05, 0) is 38.5 Å². The predicted molar refractivity (Wildman–Crippen MR) is 79.3 cm³/mol. The normalized spacial score (nSPS) is 20.9. The van der Waals surface area contributed by atoms with Crippen LogP contribution in [0.15, 0.2) is 0 Å². The number of anilines is 1. The number of nitrogens with zero attached hydrogens (tertiary/aromatic N) is 2. The largest absolute Gasteiger partial charge is 0.348 e. The molecule has 1 aliphatic rings. The first-order valence-electron chi connectivity index (χ1n) is 6.97. The number of rotatable bonds is 4. The molecule has 2 unspecified atom stereocenters. The fourth-order valence-corrected chi connectivity index (χ4v) is 3.85. The summed E-state index contributed by atoms with van der Waals surface area (Å²) in [6.45, 7) is 6.82. The molecule has 4 heteroatoms. The van der Waals surface area contributed by atoms with Crippen LogP contribution in [0.25, 0.3) is 0 Å². The lowest BCUT2D eigenvalue weighted by atomic mass is 9.99. The highest BCUT2D eigenvalue weighted by atomic mass is 32.1. The van der Waals surface area contributed by atoms with Crippen molar-refractivity contribution in [2.45, 2.75) is 58.5 Å². The van der Waals surface area contributed by atoms with E-state index in [1.807, 2.05) is 11.3 Å². The molecule has 0 bridgehead atoms. The summed E-state index contributed by atoms with van der Waals surface area (Å²) in [6.07, 6.45) is 4.66. The lowest BCUT2D eigenvalue weighted by Gasteiger charge is -2.25. The molecule has 0 aliphatic heterocycles. The van der Waals surface area contributed by atoms with Crippen molar-refractivity contribution in [1.82, 2.24) is 4.98 Å². The molecule has 0 radical (unpaired) electrons. The van der Waals surface area contributed by atoms with Crippen molar-refractivity contribution >= 4 is 16.5 Å². The highest BCUT2D eigenvalue weighted by Gasteiger charge is 2.24. The van der Waals surface area contributed by atoms with Gasteiger partial charge in [0, 0.05) is 24.0 Å². The van der Waals surface area contributed by atoms with Crippen molar-refractivity contribution in [1.29, 1.82) is 0 Å². The summed E-state index contributed by atoms with van der Waals surface area (Å²) in [6, 6.07) is 0.696. The number of thiazole rings is 1. The van der Waals surface area contributed by atoms with Gasteiger partial charge in [0.25, 0.3) is 0 Å². The van der Waals surface area contributed by atoms with E-state index in [4.69, 9.17) is 10.7 Å². The fraction of sp³-hybridized carbons (Fsp3) is 0.786. The Morgan fingerprint density at radius 2 is 2.17 bits per heavy atom. The zero-order valence-electron chi connectivity index (χ0n) is 11.9. The summed E-state index contributed by atoms with van der Waals surface area (Å²) < 4.78 is 0. The second kappa shape index (κ2) is 5.57. The van der Waals surface area contributed by atoms with Gasteiger partial charge in [-0.1, -0.05) is 13.8 Å². The fourth-order valence-electron chi connectivity index (χ4n) is 2.62. The molecular weight excluding hydrogens is 242 g/mol. The summed E-state index contributed by atoms with van der Waals surface area (Å²) in [5, 5.41) is 1.14. The summed E-state index contributed by atoms with van der Waals surface area (Å²) in [7, 11) is 2.16. The van der Waals surface area contributed by atoms with E-state index in [0.29, 0.717) is 6.04 Å². The van der Waals surface area contributed by atoms with Crippen molar-refractivity contribution in [2.75, 3.05) is 11.9 Å². The molecular formula is C14H25N3S. The molecule has 0 aromatic carbocycles. The van der Waals surface area contributed by atoms with Crippen LogP contribution in [0.3, 0.4) is 0 Å². The molecule has 0 spiro atoms. The minimum Gasteiger partial charge on any atom is -0.348 e. The molecule has 1 aliphatic carbocycles.